The first-order chi connectivity index (χ1) is 7.95. The van der Waals surface area contributed by atoms with Crippen molar-refractivity contribution in [3.63, 3.8) is 0 Å². The van der Waals surface area contributed by atoms with Crippen LogP contribution in [0.25, 0.3) is 0 Å². The number of likely N-dealkylation sites (tertiary alicyclic amines) is 1. The number of nitrogens with zero attached hydrogens (tertiary/aromatic N) is 1. The van der Waals surface area contributed by atoms with E-state index in [-0.39, 0.29) is 0 Å². The van der Waals surface area contributed by atoms with Crippen molar-refractivity contribution in [1.82, 2.24) is 10.2 Å². The highest BCUT2D eigenvalue weighted by atomic mass is 32.1. The molecule has 1 fully saturated rings. The van der Waals surface area contributed by atoms with E-state index in [1.807, 2.05) is 0 Å². The summed E-state index contributed by atoms with van der Waals surface area (Å²) in [7, 11) is 0. The zero-order valence-electron chi connectivity index (χ0n) is 9.95. The van der Waals surface area contributed by atoms with E-state index in [1.165, 1.54) is 50.9 Å². The lowest BCUT2D eigenvalue weighted by Gasteiger charge is -2.13. The molecule has 2 heterocycles. The van der Waals surface area contributed by atoms with Crippen LogP contribution in [0.4, 0.5) is 0 Å². The quantitative estimate of drug-likeness (QED) is 0.735. The first-order valence-corrected chi connectivity index (χ1v) is 7.33. The molecular formula is C13H22N2S. The van der Waals surface area contributed by atoms with Crippen molar-refractivity contribution >= 4 is 11.3 Å². The average Bonchev–Trinajstić information content (AvgIpc) is 2.96. The Hall–Kier alpha value is -0.380. The van der Waals surface area contributed by atoms with Gasteiger partial charge in [0.25, 0.3) is 0 Å². The lowest BCUT2D eigenvalue weighted by Crippen LogP contribution is -2.22. The van der Waals surface area contributed by atoms with Crippen LogP contribution in [-0.4, -0.2) is 31.1 Å². The third kappa shape index (κ3) is 4.24. The number of thiophene rings is 1. The van der Waals surface area contributed by atoms with E-state index in [0.29, 0.717) is 0 Å². The predicted octanol–water partition coefficient (Wildman–Crippen LogP) is 2.71. The van der Waals surface area contributed by atoms with Gasteiger partial charge in [0.2, 0.25) is 0 Å². The maximum Gasteiger partial charge on any atom is 0.0213 e. The average molecular weight is 238 g/mol. The second kappa shape index (κ2) is 7.05. The molecular weight excluding hydrogens is 216 g/mol. The van der Waals surface area contributed by atoms with Gasteiger partial charge in [-0.25, -0.2) is 0 Å². The second-order valence-electron chi connectivity index (χ2n) is 4.56. The fourth-order valence-corrected chi connectivity index (χ4v) is 2.89. The molecule has 3 heteroatoms. The van der Waals surface area contributed by atoms with Gasteiger partial charge in [-0.2, -0.15) is 11.3 Å². The van der Waals surface area contributed by atoms with Gasteiger partial charge in [-0.3, -0.25) is 0 Å². The van der Waals surface area contributed by atoms with Gasteiger partial charge >= 0.3 is 0 Å². The summed E-state index contributed by atoms with van der Waals surface area (Å²) < 4.78 is 0. The molecule has 1 aliphatic rings. The van der Waals surface area contributed by atoms with Gasteiger partial charge in [0.15, 0.2) is 0 Å². The first-order valence-electron chi connectivity index (χ1n) is 6.39. The molecule has 0 aliphatic carbocycles. The summed E-state index contributed by atoms with van der Waals surface area (Å²) in [4.78, 5) is 2.60. The van der Waals surface area contributed by atoms with E-state index in [9.17, 15) is 0 Å². The largest absolute Gasteiger partial charge is 0.313 e. The highest BCUT2D eigenvalue weighted by molar-refractivity contribution is 7.07. The minimum Gasteiger partial charge on any atom is -0.313 e. The van der Waals surface area contributed by atoms with Crippen LogP contribution in [0.3, 0.4) is 0 Å². The van der Waals surface area contributed by atoms with Crippen LogP contribution >= 0.6 is 11.3 Å². The molecule has 1 saturated heterocycles. The van der Waals surface area contributed by atoms with Crippen molar-refractivity contribution < 1.29 is 0 Å². The van der Waals surface area contributed by atoms with E-state index >= 15 is 0 Å². The Bertz CT molecular complexity index is 265. The zero-order valence-corrected chi connectivity index (χ0v) is 10.8. The molecule has 0 bridgehead atoms. The van der Waals surface area contributed by atoms with Gasteiger partial charge in [-0.1, -0.05) is 0 Å². The van der Waals surface area contributed by atoms with E-state index in [0.717, 1.165) is 13.1 Å². The van der Waals surface area contributed by atoms with Gasteiger partial charge in [-0.15, -0.1) is 0 Å². The smallest absolute Gasteiger partial charge is 0.0213 e. The van der Waals surface area contributed by atoms with Crippen LogP contribution in [-0.2, 0) is 6.54 Å². The fourth-order valence-electron chi connectivity index (χ4n) is 2.22. The standard InChI is InChI=1S/C13H22N2S/c1(2-7-15-8-3-4-9-15)6-14-11-13-5-10-16-12-13/h5,10,12,14H,1-4,6-9,11H2. The molecule has 1 N–H and O–H groups in total. The molecule has 0 aromatic carbocycles. The van der Waals surface area contributed by atoms with E-state index in [4.69, 9.17) is 0 Å². The normalized spacial score (nSPS) is 17.0. The Morgan fingerprint density at radius 2 is 2.12 bits per heavy atom. The summed E-state index contributed by atoms with van der Waals surface area (Å²) in [6, 6.07) is 2.20. The fraction of sp³-hybridized carbons (Fsp3) is 0.692. The molecule has 1 aromatic rings. The van der Waals surface area contributed by atoms with Crippen molar-refractivity contribution in [2.75, 3.05) is 26.2 Å². The molecule has 1 aromatic heterocycles. The Kier molecular flexibility index (Phi) is 5.32. The maximum absolute atomic E-state index is 3.50. The molecule has 0 radical (unpaired) electrons. The van der Waals surface area contributed by atoms with Crippen LogP contribution in [0.2, 0.25) is 0 Å². The van der Waals surface area contributed by atoms with Crippen LogP contribution in [0, 0.1) is 0 Å². The number of nitrogens with one attached hydrogen (secondary N) is 1. The van der Waals surface area contributed by atoms with E-state index in [1.54, 1.807) is 11.3 Å². The van der Waals surface area contributed by atoms with Gasteiger partial charge in [-0.05, 0) is 74.3 Å². The van der Waals surface area contributed by atoms with Crippen LogP contribution in [0.15, 0.2) is 16.8 Å². The SMILES string of the molecule is c1cc(CNCCCCN2CCCC2)cs1. The van der Waals surface area contributed by atoms with Gasteiger partial charge in [0.1, 0.15) is 0 Å². The Balaban J connectivity index is 1.43. The Labute approximate surface area is 103 Å². The van der Waals surface area contributed by atoms with Crippen LogP contribution in [0.1, 0.15) is 31.2 Å². The molecule has 0 atom stereocenters. The van der Waals surface area contributed by atoms with Crippen molar-refractivity contribution in [3.05, 3.63) is 22.4 Å². The van der Waals surface area contributed by atoms with Gasteiger partial charge in [0, 0.05) is 6.54 Å². The molecule has 0 unspecified atom stereocenters. The lowest BCUT2D eigenvalue weighted by molar-refractivity contribution is 0.329. The molecule has 1 aliphatic heterocycles. The van der Waals surface area contributed by atoms with Crippen molar-refractivity contribution in [2.45, 2.75) is 32.2 Å². The first kappa shape index (κ1) is 12.1. The number of hydrogen-bond donors (Lipinski definition) is 1. The van der Waals surface area contributed by atoms with Gasteiger partial charge in [0.05, 0.1) is 0 Å². The van der Waals surface area contributed by atoms with Crippen LogP contribution < -0.4 is 5.32 Å². The Morgan fingerprint density at radius 1 is 1.25 bits per heavy atom. The second-order valence-corrected chi connectivity index (χ2v) is 5.34. The Morgan fingerprint density at radius 3 is 2.88 bits per heavy atom. The summed E-state index contributed by atoms with van der Waals surface area (Å²) in [5.41, 5.74) is 1.42. The van der Waals surface area contributed by atoms with E-state index < -0.39 is 0 Å². The summed E-state index contributed by atoms with van der Waals surface area (Å²) in [5, 5.41) is 7.86. The van der Waals surface area contributed by atoms with Gasteiger partial charge < -0.3 is 10.2 Å². The highest BCUT2D eigenvalue weighted by Gasteiger charge is 2.09. The molecule has 2 nitrogen and oxygen atoms in total. The monoisotopic (exact) mass is 238 g/mol. The molecule has 0 amide bonds. The molecule has 0 spiro atoms. The minimum atomic E-state index is 1.03. The maximum atomic E-state index is 3.50. The molecule has 16 heavy (non-hydrogen) atoms. The molecule has 0 saturated carbocycles. The minimum absolute atomic E-state index is 1.03. The van der Waals surface area contributed by atoms with Crippen molar-refractivity contribution in [3.8, 4) is 0 Å². The third-order valence-electron chi connectivity index (χ3n) is 3.19. The lowest BCUT2D eigenvalue weighted by atomic mass is 10.3. The summed E-state index contributed by atoms with van der Waals surface area (Å²) in [5.74, 6) is 0. The zero-order chi connectivity index (χ0) is 11.1. The summed E-state index contributed by atoms with van der Waals surface area (Å²) in [6.07, 6.45) is 5.48. The van der Waals surface area contributed by atoms with Crippen molar-refractivity contribution in [2.24, 2.45) is 0 Å². The van der Waals surface area contributed by atoms with Crippen molar-refractivity contribution in [1.29, 1.82) is 0 Å². The molecule has 90 valence electrons. The topological polar surface area (TPSA) is 15.3 Å². The molecule has 2 rings (SSSR count). The third-order valence-corrected chi connectivity index (χ3v) is 3.92. The number of hydrogen-bond acceptors (Lipinski definition) is 3. The summed E-state index contributed by atoms with van der Waals surface area (Å²) in [6.45, 7) is 6.17. The number of rotatable bonds is 7. The highest BCUT2D eigenvalue weighted by Crippen LogP contribution is 2.08. The van der Waals surface area contributed by atoms with Crippen LogP contribution in [0.5, 0.6) is 0 Å². The van der Waals surface area contributed by atoms with E-state index in [2.05, 4.69) is 27.0 Å². The number of unbranched alkanes of at least 4 members (excludes halogenated alkanes) is 1. The predicted molar refractivity (Wildman–Crippen MR) is 70.9 cm³/mol. The summed E-state index contributed by atoms with van der Waals surface area (Å²) >= 11 is 1.78.